The molecule has 0 amide bonds. The molecule has 0 aromatic carbocycles. The second kappa shape index (κ2) is 4.61. The maximum absolute atomic E-state index is 10.0. The summed E-state index contributed by atoms with van der Waals surface area (Å²) in [5, 5.41) is 10.0. The van der Waals surface area contributed by atoms with Gasteiger partial charge in [-0.1, -0.05) is 24.3 Å². The summed E-state index contributed by atoms with van der Waals surface area (Å²) in [6, 6.07) is 0. The van der Waals surface area contributed by atoms with Crippen LogP contribution in [0.5, 0.6) is 0 Å². The molecule has 0 saturated carbocycles. The van der Waals surface area contributed by atoms with Crippen molar-refractivity contribution in [2.24, 2.45) is 11.8 Å². The molecule has 0 aromatic heterocycles. The summed E-state index contributed by atoms with van der Waals surface area (Å²) in [4.78, 5) is 0. The predicted molar refractivity (Wildman–Crippen MR) is 61.0 cm³/mol. The SMILES string of the molecule is C=CCC1C(O)C(C)=CC[C@H]1C(=C)C. The first-order valence-corrected chi connectivity index (χ1v) is 5.19. The Bertz CT molecular complexity index is 262. The van der Waals surface area contributed by atoms with Gasteiger partial charge in [0, 0.05) is 0 Å². The number of hydrogen-bond donors (Lipinski definition) is 1. The number of allylic oxidation sites excluding steroid dienone is 3. The van der Waals surface area contributed by atoms with Gasteiger partial charge in [0.05, 0.1) is 6.10 Å². The molecule has 14 heavy (non-hydrogen) atoms. The van der Waals surface area contributed by atoms with Gasteiger partial charge >= 0.3 is 0 Å². The van der Waals surface area contributed by atoms with Gasteiger partial charge in [0.2, 0.25) is 0 Å². The smallest absolute Gasteiger partial charge is 0.0784 e. The molecule has 1 aliphatic rings. The molecule has 0 saturated heterocycles. The van der Waals surface area contributed by atoms with E-state index in [4.69, 9.17) is 0 Å². The molecule has 2 unspecified atom stereocenters. The van der Waals surface area contributed by atoms with Crippen molar-refractivity contribution in [1.82, 2.24) is 0 Å². The molecule has 3 atom stereocenters. The first-order valence-electron chi connectivity index (χ1n) is 5.19. The highest BCUT2D eigenvalue weighted by molar-refractivity contribution is 5.18. The third-order valence-electron chi connectivity index (χ3n) is 3.15. The summed E-state index contributed by atoms with van der Waals surface area (Å²) in [5.74, 6) is 0.682. The molecule has 0 heterocycles. The summed E-state index contributed by atoms with van der Waals surface area (Å²) in [7, 11) is 0. The van der Waals surface area contributed by atoms with Gasteiger partial charge in [-0.05, 0) is 44.1 Å². The Morgan fingerprint density at radius 3 is 2.86 bits per heavy atom. The number of aliphatic hydroxyl groups is 1. The molecule has 1 nitrogen and oxygen atoms in total. The second-order valence-electron chi connectivity index (χ2n) is 4.27. The highest BCUT2D eigenvalue weighted by Gasteiger charge is 2.31. The van der Waals surface area contributed by atoms with Crippen molar-refractivity contribution in [3.63, 3.8) is 0 Å². The van der Waals surface area contributed by atoms with Crippen LogP contribution in [0.25, 0.3) is 0 Å². The maximum atomic E-state index is 10.0. The molecule has 0 aromatic rings. The van der Waals surface area contributed by atoms with Crippen molar-refractivity contribution in [3.05, 3.63) is 36.5 Å². The lowest BCUT2D eigenvalue weighted by molar-refractivity contribution is 0.105. The van der Waals surface area contributed by atoms with Crippen molar-refractivity contribution < 1.29 is 5.11 Å². The Morgan fingerprint density at radius 2 is 2.36 bits per heavy atom. The van der Waals surface area contributed by atoms with Crippen LogP contribution in [0.15, 0.2) is 36.5 Å². The first-order chi connectivity index (χ1) is 6.57. The topological polar surface area (TPSA) is 20.2 Å². The zero-order chi connectivity index (χ0) is 10.7. The molecule has 0 spiro atoms. The van der Waals surface area contributed by atoms with E-state index in [2.05, 4.69) is 19.2 Å². The maximum Gasteiger partial charge on any atom is 0.0784 e. The van der Waals surface area contributed by atoms with Crippen LogP contribution in [-0.2, 0) is 0 Å². The van der Waals surface area contributed by atoms with Crippen molar-refractivity contribution >= 4 is 0 Å². The summed E-state index contributed by atoms with van der Waals surface area (Å²) in [6.45, 7) is 11.8. The average Bonchev–Trinajstić information content (AvgIpc) is 2.13. The zero-order valence-corrected chi connectivity index (χ0v) is 9.16. The molecule has 1 heteroatoms. The van der Waals surface area contributed by atoms with E-state index in [1.54, 1.807) is 0 Å². The van der Waals surface area contributed by atoms with E-state index in [-0.39, 0.29) is 12.0 Å². The van der Waals surface area contributed by atoms with E-state index < -0.39 is 0 Å². The molecule has 1 N–H and O–H groups in total. The van der Waals surface area contributed by atoms with Gasteiger partial charge < -0.3 is 5.11 Å². The number of rotatable bonds is 3. The van der Waals surface area contributed by atoms with E-state index in [1.807, 2.05) is 19.9 Å². The van der Waals surface area contributed by atoms with Crippen LogP contribution in [0.2, 0.25) is 0 Å². The van der Waals surface area contributed by atoms with Crippen LogP contribution in [0.3, 0.4) is 0 Å². The van der Waals surface area contributed by atoms with Crippen LogP contribution in [-0.4, -0.2) is 11.2 Å². The van der Waals surface area contributed by atoms with Crippen molar-refractivity contribution in [2.75, 3.05) is 0 Å². The summed E-state index contributed by atoms with van der Waals surface area (Å²) in [6.07, 6.45) is 5.58. The molecule has 1 rings (SSSR count). The molecule has 0 aliphatic heterocycles. The minimum Gasteiger partial charge on any atom is -0.388 e. The van der Waals surface area contributed by atoms with E-state index in [0.717, 1.165) is 18.4 Å². The molecule has 0 bridgehead atoms. The molecule has 78 valence electrons. The molecule has 1 aliphatic carbocycles. The molecular formula is C13H20O. The molecule has 0 fully saturated rings. The summed E-state index contributed by atoms with van der Waals surface area (Å²) < 4.78 is 0. The average molecular weight is 192 g/mol. The Hall–Kier alpha value is -0.820. The predicted octanol–water partition coefficient (Wildman–Crippen LogP) is 3.08. The highest BCUT2D eigenvalue weighted by Crippen LogP contribution is 2.36. The van der Waals surface area contributed by atoms with Gasteiger partial charge in [-0.15, -0.1) is 6.58 Å². The fourth-order valence-electron chi connectivity index (χ4n) is 2.22. The Balaban J connectivity index is 2.86. The molecule has 0 radical (unpaired) electrons. The van der Waals surface area contributed by atoms with Gasteiger partial charge in [0.25, 0.3) is 0 Å². The number of hydrogen-bond acceptors (Lipinski definition) is 1. The summed E-state index contributed by atoms with van der Waals surface area (Å²) >= 11 is 0. The van der Waals surface area contributed by atoms with E-state index >= 15 is 0 Å². The van der Waals surface area contributed by atoms with E-state index in [1.165, 1.54) is 5.57 Å². The van der Waals surface area contributed by atoms with Gasteiger partial charge in [0.15, 0.2) is 0 Å². The summed E-state index contributed by atoms with van der Waals surface area (Å²) in [5.41, 5.74) is 2.26. The Morgan fingerprint density at radius 1 is 1.71 bits per heavy atom. The fourth-order valence-corrected chi connectivity index (χ4v) is 2.22. The molecular weight excluding hydrogens is 172 g/mol. The number of aliphatic hydroxyl groups excluding tert-OH is 1. The van der Waals surface area contributed by atoms with Gasteiger partial charge in [-0.25, -0.2) is 0 Å². The van der Waals surface area contributed by atoms with Crippen molar-refractivity contribution in [3.8, 4) is 0 Å². The lowest BCUT2D eigenvalue weighted by atomic mass is 9.73. The van der Waals surface area contributed by atoms with Crippen LogP contribution in [0.1, 0.15) is 26.7 Å². The first kappa shape index (κ1) is 11.3. The van der Waals surface area contributed by atoms with Crippen LogP contribution in [0, 0.1) is 11.8 Å². The minimum atomic E-state index is -0.316. The van der Waals surface area contributed by atoms with Crippen molar-refractivity contribution in [1.29, 1.82) is 0 Å². The Labute approximate surface area is 86.8 Å². The normalized spacial score (nSPS) is 32.2. The van der Waals surface area contributed by atoms with Gasteiger partial charge in [-0.2, -0.15) is 0 Å². The third-order valence-corrected chi connectivity index (χ3v) is 3.15. The minimum absolute atomic E-state index is 0.273. The zero-order valence-electron chi connectivity index (χ0n) is 9.16. The second-order valence-corrected chi connectivity index (χ2v) is 4.27. The van der Waals surface area contributed by atoms with Gasteiger partial charge in [-0.3, -0.25) is 0 Å². The van der Waals surface area contributed by atoms with E-state index in [0.29, 0.717) is 5.92 Å². The van der Waals surface area contributed by atoms with Gasteiger partial charge in [0.1, 0.15) is 0 Å². The largest absolute Gasteiger partial charge is 0.388 e. The third kappa shape index (κ3) is 2.16. The van der Waals surface area contributed by atoms with Crippen LogP contribution < -0.4 is 0 Å². The van der Waals surface area contributed by atoms with E-state index in [9.17, 15) is 5.11 Å². The van der Waals surface area contributed by atoms with Crippen LogP contribution >= 0.6 is 0 Å². The van der Waals surface area contributed by atoms with Crippen LogP contribution in [0.4, 0.5) is 0 Å². The Kier molecular flexibility index (Phi) is 3.70. The quantitative estimate of drug-likeness (QED) is 0.681. The standard InChI is InChI=1S/C13H20O/c1-5-6-12-11(9(2)3)8-7-10(4)13(12)14/h5,7,11-14H,1-2,6,8H2,3-4H3/t11-,12?,13?/m0/s1. The monoisotopic (exact) mass is 192 g/mol. The lowest BCUT2D eigenvalue weighted by Crippen LogP contribution is -2.32. The lowest BCUT2D eigenvalue weighted by Gasteiger charge is -2.34. The fraction of sp³-hybridized carbons (Fsp3) is 0.538. The highest BCUT2D eigenvalue weighted by atomic mass is 16.3. The van der Waals surface area contributed by atoms with Crippen molar-refractivity contribution in [2.45, 2.75) is 32.8 Å².